The quantitative estimate of drug-likeness (QED) is 0.471. The Morgan fingerprint density at radius 1 is 0.545 bits per heavy atom. The standard InChI is InChI=1S/C19H10Cl4F6N4/c20-8-1-12-13(2-9(8)21)31-16(30-12,6-18(24,25)26)5-17(7-19(27,28)29)32-14-3-10(22)11(23)4-15(14)33-17/h1-4H,5-7H2. The van der Waals surface area contributed by atoms with E-state index in [1.54, 1.807) is 0 Å². The number of benzene rings is 2. The highest BCUT2D eigenvalue weighted by atomic mass is 35.5. The largest absolute Gasteiger partial charge is 0.393 e. The summed E-state index contributed by atoms with van der Waals surface area (Å²) in [6.45, 7) is 0. The number of hydrogen-bond acceptors (Lipinski definition) is 4. The van der Waals surface area contributed by atoms with Crippen LogP contribution in [-0.4, -0.2) is 23.7 Å². The minimum absolute atomic E-state index is 0.00844. The highest BCUT2D eigenvalue weighted by molar-refractivity contribution is 6.42. The fourth-order valence-corrected chi connectivity index (χ4v) is 4.53. The van der Waals surface area contributed by atoms with Gasteiger partial charge in [0.15, 0.2) is 11.3 Å². The molecule has 0 saturated heterocycles. The molecule has 2 aromatic rings. The summed E-state index contributed by atoms with van der Waals surface area (Å²) in [6.07, 6.45) is -13.9. The Balaban J connectivity index is 1.91. The van der Waals surface area contributed by atoms with Gasteiger partial charge in [-0.25, -0.2) is 0 Å². The van der Waals surface area contributed by atoms with E-state index in [0.717, 1.165) is 0 Å². The van der Waals surface area contributed by atoms with Gasteiger partial charge < -0.3 is 0 Å². The van der Waals surface area contributed by atoms with Crippen LogP contribution in [0.2, 0.25) is 20.1 Å². The molecule has 0 bridgehead atoms. The Kier molecular flexibility index (Phi) is 5.91. The summed E-state index contributed by atoms with van der Waals surface area (Å²) >= 11 is 23.7. The highest BCUT2D eigenvalue weighted by Gasteiger charge is 2.53. The maximum Gasteiger partial charge on any atom is 0.393 e. The molecular formula is C19H10Cl4F6N4. The number of rotatable bonds is 4. The molecule has 0 saturated carbocycles. The van der Waals surface area contributed by atoms with E-state index in [9.17, 15) is 26.3 Å². The van der Waals surface area contributed by atoms with Crippen molar-refractivity contribution in [3.05, 3.63) is 65.8 Å². The van der Waals surface area contributed by atoms with Gasteiger partial charge in [-0.15, -0.1) is 0 Å². The number of nitrogens with zero attached hydrogens (tertiary/aromatic N) is 4. The van der Waals surface area contributed by atoms with Crippen molar-refractivity contribution in [2.24, 2.45) is 20.0 Å². The molecule has 14 heteroatoms. The molecule has 0 radical (unpaired) electrons. The lowest BCUT2D eigenvalue weighted by atomic mass is 9.90. The van der Waals surface area contributed by atoms with Gasteiger partial charge in [-0.1, -0.05) is 46.4 Å². The Morgan fingerprint density at radius 2 is 0.788 bits per heavy atom. The molecule has 0 amide bonds. The first-order chi connectivity index (χ1) is 15.1. The average Bonchev–Trinajstić information content (AvgIpc) is 3.08. The van der Waals surface area contributed by atoms with Crippen LogP contribution in [0.15, 0.2) is 44.2 Å². The fourth-order valence-electron chi connectivity index (χ4n) is 3.89. The van der Waals surface area contributed by atoms with E-state index in [-0.39, 0.29) is 41.5 Å². The third kappa shape index (κ3) is 5.23. The number of alkyl halides is 6. The molecule has 0 fully saturated rings. The van der Waals surface area contributed by atoms with Crippen molar-refractivity contribution in [2.45, 2.75) is 42.9 Å². The SMILES string of the molecule is FC(F)(F)CC1(CC2(CC(F)(F)F)N=c3cc(Cl)c(Cl)cc3=N2)N=c2cc(Cl)c(Cl)cc2=N1. The molecule has 0 atom stereocenters. The normalized spacial score (nSPS) is 18.0. The van der Waals surface area contributed by atoms with Crippen molar-refractivity contribution in [1.82, 2.24) is 0 Å². The van der Waals surface area contributed by atoms with Crippen LogP contribution >= 0.6 is 46.4 Å². The summed E-state index contributed by atoms with van der Waals surface area (Å²) in [7, 11) is 0. The number of halogens is 10. The first kappa shape index (κ1) is 24.5. The maximum atomic E-state index is 13.5. The van der Waals surface area contributed by atoms with E-state index in [0.29, 0.717) is 0 Å². The fraction of sp³-hybridized carbons (Fsp3) is 0.368. The molecular weight excluding hydrogens is 540 g/mol. The van der Waals surface area contributed by atoms with Gasteiger partial charge >= 0.3 is 12.4 Å². The van der Waals surface area contributed by atoms with Crippen LogP contribution in [-0.2, 0) is 0 Å². The van der Waals surface area contributed by atoms with Gasteiger partial charge in [0.25, 0.3) is 0 Å². The van der Waals surface area contributed by atoms with E-state index >= 15 is 0 Å². The number of fused-ring (bicyclic) bond motifs is 2. The minimum Gasteiger partial charge on any atom is -0.253 e. The van der Waals surface area contributed by atoms with Gasteiger partial charge in [0.1, 0.15) is 0 Å². The Labute approximate surface area is 201 Å². The summed E-state index contributed by atoms with van der Waals surface area (Å²) in [5, 5.41) is -0.0870. The van der Waals surface area contributed by atoms with Crippen LogP contribution in [0.3, 0.4) is 0 Å². The van der Waals surface area contributed by atoms with Gasteiger partial charge in [-0.2, -0.15) is 26.3 Å². The zero-order valence-corrected chi connectivity index (χ0v) is 19.0. The van der Waals surface area contributed by atoms with Crippen LogP contribution in [0, 0.1) is 0 Å². The van der Waals surface area contributed by atoms with E-state index in [1.165, 1.54) is 24.3 Å². The van der Waals surface area contributed by atoms with Gasteiger partial charge in [0.2, 0.25) is 0 Å². The summed E-state index contributed by atoms with van der Waals surface area (Å²) in [4.78, 5) is 16.2. The van der Waals surface area contributed by atoms with Crippen LogP contribution in [0.4, 0.5) is 26.3 Å². The van der Waals surface area contributed by atoms with Crippen LogP contribution in [0.1, 0.15) is 19.3 Å². The lowest BCUT2D eigenvalue weighted by Gasteiger charge is -2.33. The predicted molar refractivity (Wildman–Crippen MR) is 109 cm³/mol. The first-order valence-electron chi connectivity index (χ1n) is 9.11. The first-order valence-corrected chi connectivity index (χ1v) is 10.6. The van der Waals surface area contributed by atoms with Crippen molar-refractivity contribution in [1.29, 1.82) is 0 Å². The molecule has 2 aliphatic rings. The zero-order chi connectivity index (χ0) is 24.4. The second-order valence-corrected chi connectivity index (χ2v) is 9.31. The van der Waals surface area contributed by atoms with Crippen LogP contribution in [0.5, 0.6) is 0 Å². The molecule has 2 heterocycles. The van der Waals surface area contributed by atoms with Gasteiger partial charge in [-0.3, -0.25) is 20.0 Å². The molecule has 0 aromatic heterocycles. The van der Waals surface area contributed by atoms with E-state index in [2.05, 4.69) is 20.0 Å². The highest BCUT2D eigenvalue weighted by Crippen LogP contribution is 2.43. The van der Waals surface area contributed by atoms with Crippen molar-refractivity contribution in [3.63, 3.8) is 0 Å². The minimum atomic E-state index is -4.82. The lowest BCUT2D eigenvalue weighted by molar-refractivity contribution is -0.156. The van der Waals surface area contributed by atoms with Crippen LogP contribution in [0.25, 0.3) is 0 Å². The molecule has 176 valence electrons. The molecule has 4 nitrogen and oxygen atoms in total. The average molecular weight is 550 g/mol. The molecule has 0 spiro atoms. The summed E-state index contributed by atoms with van der Waals surface area (Å²) in [6, 6.07) is 4.81. The van der Waals surface area contributed by atoms with E-state index in [4.69, 9.17) is 46.4 Å². The Bertz CT molecular complexity index is 1200. The smallest absolute Gasteiger partial charge is 0.253 e. The summed E-state index contributed by atoms with van der Waals surface area (Å²) < 4.78 is 81.3. The Hall–Kier alpha value is -1.62. The molecule has 0 aliphatic carbocycles. The molecule has 0 unspecified atom stereocenters. The van der Waals surface area contributed by atoms with Gasteiger partial charge in [-0.05, 0) is 24.3 Å². The maximum absolute atomic E-state index is 13.5. The molecule has 0 N–H and O–H groups in total. The number of hydrogen-bond donors (Lipinski definition) is 0. The van der Waals surface area contributed by atoms with E-state index < -0.39 is 42.9 Å². The van der Waals surface area contributed by atoms with Crippen LogP contribution < -0.4 is 21.4 Å². The van der Waals surface area contributed by atoms with Crippen molar-refractivity contribution in [2.75, 3.05) is 0 Å². The zero-order valence-electron chi connectivity index (χ0n) is 16.0. The van der Waals surface area contributed by atoms with Gasteiger partial charge in [0.05, 0.1) is 54.4 Å². The molecule has 2 aromatic carbocycles. The second kappa shape index (κ2) is 7.96. The third-order valence-electron chi connectivity index (χ3n) is 4.88. The monoisotopic (exact) mass is 548 g/mol. The molecule has 4 rings (SSSR count). The molecule has 2 aliphatic heterocycles. The Morgan fingerprint density at radius 3 is 1.00 bits per heavy atom. The lowest BCUT2D eigenvalue weighted by Crippen LogP contribution is -2.42. The summed E-state index contributed by atoms with van der Waals surface area (Å²) in [5.74, 6) is 0. The third-order valence-corrected chi connectivity index (χ3v) is 6.33. The second-order valence-electron chi connectivity index (χ2n) is 7.68. The molecule has 33 heavy (non-hydrogen) atoms. The van der Waals surface area contributed by atoms with Gasteiger partial charge in [0, 0.05) is 6.42 Å². The van der Waals surface area contributed by atoms with E-state index in [1.807, 2.05) is 0 Å². The van der Waals surface area contributed by atoms with Crippen molar-refractivity contribution < 1.29 is 26.3 Å². The van der Waals surface area contributed by atoms with Crippen molar-refractivity contribution in [3.8, 4) is 0 Å². The predicted octanol–water partition coefficient (Wildman–Crippen LogP) is 5.19. The summed E-state index contributed by atoms with van der Waals surface area (Å²) in [5.41, 5.74) is -4.75. The van der Waals surface area contributed by atoms with Crippen molar-refractivity contribution >= 4 is 46.4 Å². The topological polar surface area (TPSA) is 49.4 Å².